The van der Waals surface area contributed by atoms with Crippen molar-refractivity contribution < 1.29 is 0 Å². The van der Waals surface area contributed by atoms with Gasteiger partial charge in [-0.25, -0.2) is 5.01 Å². The monoisotopic (exact) mass is 84.1 g/mol. The zero-order valence-corrected chi connectivity index (χ0v) is 3.52. The molecule has 0 aromatic rings. The van der Waals surface area contributed by atoms with Crippen molar-refractivity contribution in [1.82, 2.24) is 16.0 Å². The summed E-state index contributed by atoms with van der Waals surface area (Å²) in [5.41, 5.74) is 5.38. The number of nitrogens with one attached hydrogen (secondary N) is 2. The number of hydrazine groups is 2. The first kappa shape index (κ1) is 3.40. The van der Waals surface area contributed by atoms with Crippen LogP contribution >= 0.6 is 0 Å². The highest BCUT2D eigenvalue weighted by atomic mass is 15.7. The molecule has 3 nitrogen and oxygen atoms in total. The molecule has 1 aliphatic heterocycles. The molecular weight excluding hydrogens is 78.1 g/mol. The van der Waals surface area contributed by atoms with Crippen LogP contribution in [0.5, 0.6) is 0 Å². The van der Waals surface area contributed by atoms with Crippen LogP contribution in [0.2, 0.25) is 0 Å². The van der Waals surface area contributed by atoms with E-state index in [9.17, 15) is 0 Å². The molecule has 6 heavy (non-hydrogen) atoms. The molecule has 0 bridgehead atoms. The summed E-state index contributed by atoms with van der Waals surface area (Å²) < 4.78 is 0. The fourth-order valence-electron chi connectivity index (χ4n) is 0.282. The van der Waals surface area contributed by atoms with Gasteiger partial charge >= 0.3 is 6.20 Å². The Hall–Kier alpha value is -0.790. The fourth-order valence-corrected chi connectivity index (χ4v) is 0.282. The largest absolute Gasteiger partial charge is 0.406 e. The molecule has 2 N–H and O–H groups in total. The Morgan fingerprint density at radius 2 is 2.67 bits per heavy atom. The van der Waals surface area contributed by atoms with Gasteiger partial charge in [0.15, 0.2) is 0 Å². The molecule has 0 aliphatic carbocycles. The Balaban J connectivity index is 2.38. The molecule has 1 heterocycles. The van der Waals surface area contributed by atoms with E-state index in [0.29, 0.717) is 0 Å². The Morgan fingerprint density at radius 3 is 2.83 bits per heavy atom. The van der Waals surface area contributed by atoms with Gasteiger partial charge in [0.05, 0.1) is 0 Å². The second-order valence-electron chi connectivity index (χ2n) is 1.12. The van der Waals surface area contributed by atoms with Crippen molar-refractivity contribution in [3.05, 3.63) is 12.4 Å². The van der Waals surface area contributed by atoms with Crippen LogP contribution in [0.1, 0.15) is 0 Å². The second-order valence-corrected chi connectivity index (χ2v) is 1.12. The molecule has 0 aromatic heterocycles. The van der Waals surface area contributed by atoms with Crippen molar-refractivity contribution in [2.45, 2.75) is 0 Å². The molecule has 1 rings (SSSR count). The maximum Gasteiger partial charge on any atom is 0.406 e. The highest BCUT2D eigenvalue weighted by molar-refractivity contribution is 4.71. The van der Waals surface area contributed by atoms with Gasteiger partial charge in [-0.05, 0) is 0 Å². The van der Waals surface area contributed by atoms with E-state index in [1.54, 1.807) is 11.2 Å². The molecule has 0 atom stereocenters. The highest BCUT2D eigenvalue weighted by Crippen LogP contribution is 1.76. The summed E-state index contributed by atoms with van der Waals surface area (Å²) in [6.07, 6.45) is 4.48. The van der Waals surface area contributed by atoms with Crippen LogP contribution in [0, 0.1) is 6.20 Å². The van der Waals surface area contributed by atoms with E-state index in [1.807, 2.05) is 7.05 Å². The van der Waals surface area contributed by atoms with E-state index in [2.05, 4.69) is 17.2 Å². The zero-order chi connectivity index (χ0) is 4.41. The van der Waals surface area contributed by atoms with Crippen molar-refractivity contribution in [3.63, 3.8) is 0 Å². The highest BCUT2D eigenvalue weighted by Gasteiger charge is 2.04. The number of hydrogen-bond donors (Lipinski definition) is 2. The Kier molecular flexibility index (Phi) is 0.638. The first-order chi connectivity index (χ1) is 2.89. The Labute approximate surface area is 36.6 Å². The van der Waals surface area contributed by atoms with Gasteiger partial charge in [0.1, 0.15) is 0 Å². The lowest BCUT2D eigenvalue weighted by atomic mass is 10.9. The molecule has 0 spiro atoms. The predicted molar refractivity (Wildman–Crippen MR) is 21.8 cm³/mol. The van der Waals surface area contributed by atoms with Crippen molar-refractivity contribution in [3.8, 4) is 0 Å². The Morgan fingerprint density at radius 1 is 1.83 bits per heavy atom. The lowest BCUT2D eigenvalue weighted by Crippen LogP contribution is -2.31. The molecule has 0 aromatic carbocycles. The Bertz CT molecular complexity index is 68.4. The first-order valence-electron chi connectivity index (χ1n) is 1.72. The molecule has 3 heteroatoms. The van der Waals surface area contributed by atoms with Crippen LogP contribution in [-0.2, 0) is 0 Å². The van der Waals surface area contributed by atoms with E-state index in [4.69, 9.17) is 0 Å². The van der Waals surface area contributed by atoms with Gasteiger partial charge < -0.3 is 0 Å². The van der Waals surface area contributed by atoms with E-state index < -0.39 is 0 Å². The summed E-state index contributed by atoms with van der Waals surface area (Å²) in [5, 5.41) is 1.76. The summed E-state index contributed by atoms with van der Waals surface area (Å²) in [4.78, 5) is 0. The molecule has 0 fully saturated rings. The average molecular weight is 84.1 g/mol. The first-order valence-corrected chi connectivity index (χ1v) is 1.72. The number of hydrogen-bond acceptors (Lipinski definition) is 3. The van der Waals surface area contributed by atoms with Gasteiger partial charge in [-0.2, -0.15) is 0 Å². The minimum atomic E-state index is 1.76. The third kappa shape index (κ3) is 0.407. The summed E-state index contributed by atoms with van der Waals surface area (Å²) in [6.45, 7) is 0. The molecular formula is C3H6N3+. The van der Waals surface area contributed by atoms with Gasteiger partial charge in [0, 0.05) is 7.05 Å². The smallest absolute Gasteiger partial charge is 0.250 e. The van der Waals surface area contributed by atoms with Gasteiger partial charge in [-0.15, -0.1) is 5.53 Å². The molecule has 0 saturated heterocycles. The van der Waals surface area contributed by atoms with Gasteiger partial charge in [-0.3, -0.25) is 0 Å². The quantitative estimate of drug-likeness (QED) is 0.377. The lowest BCUT2D eigenvalue weighted by molar-refractivity contribution is 0.328. The lowest BCUT2D eigenvalue weighted by Gasteiger charge is -1.96. The van der Waals surface area contributed by atoms with Crippen molar-refractivity contribution in [2.75, 3.05) is 7.05 Å². The summed E-state index contributed by atoms with van der Waals surface area (Å²) in [6, 6.07) is 0. The van der Waals surface area contributed by atoms with Crippen LogP contribution in [0.15, 0.2) is 6.20 Å². The third-order valence-electron chi connectivity index (χ3n) is 0.563. The summed E-state index contributed by atoms with van der Waals surface area (Å²) >= 11 is 0. The van der Waals surface area contributed by atoms with Gasteiger partial charge in [-0.1, -0.05) is 5.43 Å². The van der Waals surface area contributed by atoms with Crippen LogP contribution in [-0.4, -0.2) is 12.1 Å². The normalized spacial score (nSPS) is 17.2. The van der Waals surface area contributed by atoms with E-state index >= 15 is 0 Å². The minimum absolute atomic E-state index is 1.76. The molecule has 0 unspecified atom stereocenters. The standard InChI is InChI=1S/C3H6N3/c1-6-3-2-4-5-6/h3-5H,1H3/q+1. The van der Waals surface area contributed by atoms with E-state index in [-0.39, 0.29) is 0 Å². The van der Waals surface area contributed by atoms with E-state index in [0.717, 1.165) is 0 Å². The predicted octanol–water partition coefficient (Wildman–Crippen LogP) is -0.785. The SMILES string of the molecule is CN1C=[C+]NN1. The molecule has 1 aliphatic rings. The topological polar surface area (TPSA) is 27.3 Å². The average Bonchev–Trinajstić information content (AvgIpc) is 1.86. The second kappa shape index (κ2) is 1.12. The summed E-state index contributed by atoms with van der Waals surface area (Å²) in [5.74, 6) is 0. The minimum Gasteiger partial charge on any atom is -0.250 e. The van der Waals surface area contributed by atoms with Crippen molar-refractivity contribution in [1.29, 1.82) is 0 Å². The van der Waals surface area contributed by atoms with E-state index in [1.165, 1.54) is 0 Å². The van der Waals surface area contributed by atoms with Gasteiger partial charge in [0.25, 0.3) is 6.20 Å². The van der Waals surface area contributed by atoms with Crippen LogP contribution in [0.4, 0.5) is 0 Å². The molecule has 32 valence electrons. The van der Waals surface area contributed by atoms with Crippen molar-refractivity contribution in [2.24, 2.45) is 0 Å². The summed E-state index contributed by atoms with van der Waals surface area (Å²) in [7, 11) is 1.88. The number of nitrogens with zero attached hydrogens (tertiary/aromatic N) is 1. The third-order valence-corrected chi connectivity index (χ3v) is 0.563. The fraction of sp³-hybridized carbons (Fsp3) is 0.333. The van der Waals surface area contributed by atoms with Gasteiger partial charge in [0.2, 0.25) is 0 Å². The van der Waals surface area contributed by atoms with Crippen LogP contribution < -0.4 is 11.0 Å². The maximum absolute atomic E-state index is 2.74. The number of rotatable bonds is 0. The molecule has 0 saturated carbocycles. The maximum atomic E-state index is 2.74. The molecule has 0 amide bonds. The van der Waals surface area contributed by atoms with Crippen LogP contribution in [0.25, 0.3) is 0 Å². The molecule has 0 radical (unpaired) electrons. The zero-order valence-electron chi connectivity index (χ0n) is 3.52. The van der Waals surface area contributed by atoms with Crippen LogP contribution in [0.3, 0.4) is 0 Å². The van der Waals surface area contributed by atoms with Crippen molar-refractivity contribution >= 4 is 0 Å².